The predicted octanol–water partition coefficient (Wildman–Crippen LogP) is 5.01. The van der Waals surface area contributed by atoms with Crippen LogP contribution in [0.4, 0.5) is 5.82 Å². The Kier molecular flexibility index (Phi) is 4.42. The summed E-state index contributed by atoms with van der Waals surface area (Å²) in [4.78, 5) is 18.0. The monoisotopic (exact) mass is 364 g/mol. The van der Waals surface area contributed by atoms with Gasteiger partial charge in [-0.15, -0.1) is 11.3 Å². The van der Waals surface area contributed by atoms with Crippen molar-refractivity contribution in [2.75, 3.05) is 5.32 Å². The van der Waals surface area contributed by atoms with Crippen LogP contribution < -0.4 is 5.32 Å². The smallest absolute Gasteiger partial charge is 0.266 e. The molecule has 0 saturated carbocycles. The van der Waals surface area contributed by atoms with Crippen LogP contribution in [0.3, 0.4) is 0 Å². The molecule has 1 amide bonds. The Morgan fingerprint density at radius 2 is 2.15 bits per heavy atom. The molecular weight excluding hydrogens is 344 g/mol. The van der Waals surface area contributed by atoms with Gasteiger partial charge in [0.1, 0.15) is 0 Å². The summed E-state index contributed by atoms with van der Waals surface area (Å²) in [6, 6.07) is 12.0. The molecule has 0 fully saturated rings. The van der Waals surface area contributed by atoms with Gasteiger partial charge in [-0.2, -0.15) is 5.10 Å². The molecule has 0 atom stereocenters. The molecule has 4 rings (SSSR count). The fourth-order valence-electron chi connectivity index (χ4n) is 2.99. The van der Waals surface area contributed by atoms with E-state index in [1.807, 2.05) is 22.2 Å². The maximum Gasteiger partial charge on any atom is 0.266 e. The van der Waals surface area contributed by atoms with Gasteiger partial charge in [0.2, 0.25) is 0 Å². The Bertz CT molecular complexity index is 1080. The van der Waals surface area contributed by atoms with E-state index in [9.17, 15) is 4.79 Å². The first-order chi connectivity index (χ1) is 12.7. The molecule has 3 aromatic heterocycles. The normalized spacial score (nSPS) is 11.3. The van der Waals surface area contributed by atoms with Crippen LogP contribution in [0.25, 0.3) is 21.9 Å². The number of aromatic nitrogens is 3. The van der Waals surface area contributed by atoms with E-state index >= 15 is 0 Å². The van der Waals surface area contributed by atoms with Crippen molar-refractivity contribution in [3.8, 4) is 0 Å². The second-order valence-corrected chi connectivity index (χ2v) is 7.36. The minimum atomic E-state index is -0.133. The lowest BCUT2D eigenvalue weighted by atomic mass is 10.1. The average Bonchev–Trinajstić information content (AvgIpc) is 3.27. The number of carbonyl (C=O) groups is 1. The van der Waals surface area contributed by atoms with Crippen molar-refractivity contribution in [1.82, 2.24) is 14.8 Å². The summed E-state index contributed by atoms with van der Waals surface area (Å²) < 4.78 is 1.91. The molecule has 0 radical (unpaired) electrons. The Labute approximate surface area is 155 Å². The van der Waals surface area contributed by atoms with Crippen LogP contribution in [-0.4, -0.2) is 20.7 Å². The highest BCUT2D eigenvalue weighted by Crippen LogP contribution is 2.27. The van der Waals surface area contributed by atoms with Crippen molar-refractivity contribution in [3.05, 3.63) is 52.2 Å². The van der Waals surface area contributed by atoms with E-state index in [-0.39, 0.29) is 5.91 Å². The minimum Gasteiger partial charge on any atom is -0.304 e. The van der Waals surface area contributed by atoms with Crippen LogP contribution in [-0.2, 0) is 6.54 Å². The standard InChI is InChI=1S/C20H20N4OS/c1-3-4-9-24-19-15(12-14-8-7-13(2)11-16(14)21-19)18(23-24)22-20(25)17-6-5-10-26-17/h5-8,10-12H,3-4,9H2,1-2H3,(H,22,23,25). The average molecular weight is 364 g/mol. The molecule has 0 unspecified atom stereocenters. The fourth-order valence-corrected chi connectivity index (χ4v) is 3.61. The van der Waals surface area contributed by atoms with E-state index in [2.05, 4.69) is 48.5 Å². The molecule has 0 spiro atoms. The molecular formula is C20H20N4OS. The highest BCUT2D eigenvalue weighted by atomic mass is 32.1. The number of unbranched alkanes of at least 4 members (excludes halogenated alkanes) is 1. The van der Waals surface area contributed by atoms with Crippen molar-refractivity contribution in [1.29, 1.82) is 0 Å². The number of anilines is 1. The van der Waals surface area contributed by atoms with Gasteiger partial charge in [-0.25, -0.2) is 9.67 Å². The van der Waals surface area contributed by atoms with Crippen LogP contribution in [0.1, 0.15) is 35.0 Å². The Morgan fingerprint density at radius 3 is 2.92 bits per heavy atom. The zero-order valence-electron chi connectivity index (χ0n) is 14.8. The van der Waals surface area contributed by atoms with Crippen LogP contribution in [0.15, 0.2) is 41.8 Å². The quantitative estimate of drug-likeness (QED) is 0.542. The molecule has 0 aliphatic heterocycles. The number of nitrogens with zero attached hydrogens (tertiary/aromatic N) is 3. The van der Waals surface area contributed by atoms with E-state index < -0.39 is 0 Å². The summed E-state index contributed by atoms with van der Waals surface area (Å²) in [6.45, 7) is 5.00. The van der Waals surface area contributed by atoms with Gasteiger partial charge in [0.25, 0.3) is 5.91 Å². The number of fused-ring (bicyclic) bond motifs is 2. The number of pyridine rings is 1. The molecule has 132 valence electrons. The van der Waals surface area contributed by atoms with Crippen LogP contribution >= 0.6 is 11.3 Å². The number of amides is 1. The van der Waals surface area contributed by atoms with Gasteiger partial charge in [0.05, 0.1) is 15.8 Å². The summed E-state index contributed by atoms with van der Waals surface area (Å²) in [5.41, 5.74) is 2.94. The minimum absolute atomic E-state index is 0.133. The molecule has 1 N–H and O–H groups in total. The Morgan fingerprint density at radius 1 is 1.27 bits per heavy atom. The first kappa shape index (κ1) is 16.7. The van der Waals surface area contributed by atoms with Crippen molar-refractivity contribution in [2.24, 2.45) is 0 Å². The highest BCUT2D eigenvalue weighted by Gasteiger charge is 2.16. The third kappa shape index (κ3) is 3.08. The highest BCUT2D eigenvalue weighted by molar-refractivity contribution is 7.12. The topological polar surface area (TPSA) is 59.8 Å². The zero-order chi connectivity index (χ0) is 18.1. The number of aryl methyl sites for hydroxylation is 2. The first-order valence-electron chi connectivity index (χ1n) is 8.78. The maximum atomic E-state index is 12.5. The van der Waals surface area contributed by atoms with Gasteiger partial charge in [0, 0.05) is 11.9 Å². The third-order valence-corrected chi connectivity index (χ3v) is 5.24. The lowest BCUT2D eigenvalue weighted by molar-refractivity contribution is 0.103. The van der Waals surface area contributed by atoms with Crippen molar-refractivity contribution in [3.63, 3.8) is 0 Å². The second-order valence-electron chi connectivity index (χ2n) is 6.41. The SMILES string of the molecule is CCCCn1nc(NC(=O)c2cccs2)c2cc3ccc(C)cc3nc21. The van der Waals surface area contributed by atoms with Gasteiger partial charge in [-0.3, -0.25) is 4.79 Å². The van der Waals surface area contributed by atoms with Crippen LogP contribution in [0.2, 0.25) is 0 Å². The van der Waals surface area contributed by atoms with E-state index in [1.54, 1.807) is 0 Å². The summed E-state index contributed by atoms with van der Waals surface area (Å²) in [5.74, 6) is 0.440. The lowest BCUT2D eigenvalue weighted by Crippen LogP contribution is -2.11. The van der Waals surface area contributed by atoms with Crippen molar-refractivity contribution >= 4 is 45.0 Å². The number of benzene rings is 1. The molecule has 3 heterocycles. The number of hydrogen-bond donors (Lipinski definition) is 1. The van der Waals surface area contributed by atoms with Gasteiger partial charge in [0.15, 0.2) is 11.5 Å². The Hall–Kier alpha value is -2.73. The molecule has 5 nitrogen and oxygen atoms in total. The number of nitrogens with one attached hydrogen (secondary N) is 1. The summed E-state index contributed by atoms with van der Waals surface area (Å²) in [6.07, 6.45) is 2.09. The number of thiophene rings is 1. The first-order valence-corrected chi connectivity index (χ1v) is 9.66. The molecule has 6 heteroatoms. The maximum absolute atomic E-state index is 12.5. The van der Waals surface area contributed by atoms with Crippen LogP contribution in [0, 0.1) is 6.92 Å². The molecule has 1 aromatic carbocycles. The molecule has 0 saturated heterocycles. The second kappa shape index (κ2) is 6.88. The predicted molar refractivity (Wildman–Crippen MR) is 107 cm³/mol. The molecule has 26 heavy (non-hydrogen) atoms. The molecule has 0 bridgehead atoms. The van der Waals surface area contributed by atoms with E-state index in [1.165, 1.54) is 16.9 Å². The Balaban J connectivity index is 1.83. The summed E-state index contributed by atoms with van der Waals surface area (Å²) in [5, 5.41) is 11.4. The number of rotatable bonds is 5. The van der Waals surface area contributed by atoms with E-state index in [0.29, 0.717) is 10.7 Å². The molecule has 0 aliphatic carbocycles. The molecule has 0 aliphatic rings. The van der Waals surface area contributed by atoms with Crippen molar-refractivity contribution < 1.29 is 4.79 Å². The third-order valence-electron chi connectivity index (χ3n) is 4.37. The molecule has 4 aromatic rings. The van der Waals surface area contributed by atoms with Crippen LogP contribution in [0.5, 0.6) is 0 Å². The summed E-state index contributed by atoms with van der Waals surface area (Å²) >= 11 is 1.42. The lowest BCUT2D eigenvalue weighted by Gasteiger charge is -2.03. The summed E-state index contributed by atoms with van der Waals surface area (Å²) in [7, 11) is 0. The van der Waals surface area contributed by atoms with Gasteiger partial charge in [-0.05, 0) is 42.5 Å². The van der Waals surface area contributed by atoms with E-state index in [4.69, 9.17) is 4.98 Å². The fraction of sp³-hybridized carbons (Fsp3) is 0.250. The van der Waals surface area contributed by atoms with Gasteiger partial charge in [-0.1, -0.05) is 31.5 Å². The number of carbonyl (C=O) groups excluding carboxylic acids is 1. The largest absolute Gasteiger partial charge is 0.304 e. The van der Waals surface area contributed by atoms with Gasteiger partial charge >= 0.3 is 0 Å². The number of hydrogen-bond acceptors (Lipinski definition) is 4. The van der Waals surface area contributed by atoms with Gasteiger partial charge < -0.3 is 5.32 Å². The zero-order valence-corrected chi connectivity index (χ0v) is 15.6. The van der Waals surface area contributed by atoms with E-state index in [0.717, 1.165) is 41.3 Å². The van der Waals surface area contributed by atoms with Crippen molar-refractivity contribution in [2.45, 2.75) is 33.2 Å².